The lowest BCUT2D eigenvalue weighted by molar-refractivity contribution is 0.455. The van der Waals surface area contributed by atoms with Crippen LogP contribution in [0.25, 0.3) is 0 Å². The molecule has 5 heteroatoms. The van der Waals surface area contributed by atoms with Crippen LogP contribution in [0.15, 0.2) is 64.6 Å². The molecule has 1 unspecified atom stereocenters. The second kappa shape index (κ2) is 7.81. The van der Waals surface area contributed by atoms with Crippen LogP contribution >= 0.6 is 0 Å². The maximum Gasteiger partial charge on any atom is 0.295 e. The van der Waals surface area contributed by atoms with Gasteiger partial charge in [0.2, 0.25) is 0 Å². The van der Waals surface area contributed by atoms with E-state index in [1.165, 1.54) is 34.4 Å². The molecule has 0 heterocycles. The van der Waals surface area contributed by atoms with E-state index in [2.05, 4.69) is 36.4 Å². The molecule has 29 heavy (non-hydrogen) atoms. The summed E-state index contributed by atoms with van der Waals surface area (Å²) in [6.45, 7) is 1.64. The zero-order valence-corrected chi connectivity index (χ0v) is 17.4. The number of fused-ring (bicyclic) bond motifs is 1. The maximum atomic E-state index is 12.0. The molecule has 2 N–H and O–H groups in total. The van der Waals surface area contributed by atoms with Gasteiger partial charge in [-0.05, 0) is 68.2 Å². The number of hydrogen-bond donors (Lipinski definition) is 2. The Morgan fingerprint density at radius 3 is 2.59 bits per heavy atom. The van der Waals surface area contributed by atoms with E-state index in [-0.39, 0.29) is 16.6 Å². The fourth-order valence-corrected chi connectivity index (χ4v) is 5.88. The van der Waals surface area contributed by atoms with E-state index >= 15 is 0 Å². The van der Waals surface area contributed by atoms with Crippen LogP contribution in [0.4, 0.5) is 0 Å². The number of hydrogen-bond acceptors (Lipinski definition) is 3. The minimum Gasteiger partial charge on any atom is -0.508 e. The monoisotopic (exact) mass is 410 g/mol. The van der Waals surface area contributed by atoms with Crippen LogP contribution in [-0.4, -0.2) is 18.1 Å². The molecule has 0 aliphatic heterocycles. The van der Waals surface area contributed by atoms with Gasteiger partial charge in [-0.1, -0.05) is 53.6 Å². The van der Waals surface area contributed by atoms with Crippen molar-refractivity contribution in [2.75, 3.05) is 0 Å². The molecule has 0 saturated carbocycles. The molecular formula is C24H26O4S. The van der Waals surface area contributed by atoms with Crippen molar-refractivity contribution in [3.05, 3.63) is 82.0 Å². The van der Waals surface area contributed by atoms with Crippen LogP contribution in [0.5, 0.6) is 5.75 Å². The zero-order chi connectivity index (χ0) is 20.6. The van der Waals surface area contributed by atoms with Crippen molar-refractivity contribution in [1.29, 1.82) is 0 Å². The van der Waals surface area contributed by atoms with Gasteiger partial charge in [0, 0.05) is 11.5 Å². The first-order chi connectivity index (χ1) is 13.9. The molecule has 2 aromatic carbocycles. The summed E-state index contributed by atoms with van der Waals surface area (Å²) in [6.07, 6.45) is 9.48. The summed E-state index contributed by atoms with van der Waals surface area (Å²) in [7, 11) is -4.41. The van der Waals surface area contributed by atoms with Crippen molar-refractivity contribution >= 4 is 10.1 Å². The van der Waals surface area contributed by atoms with Gasteiger partial charge in [-0.3, -0.25) is 4.55 Å². The fraction of sp³-hybridized carbons (Fsp3) is 0.333. The van der Waals surface area contributed by atoms with E-state index in [0.29, 0.717) is 24.0 Å². The number of phenols is 1. The fourth-order valence-electron chi connectivity index (χ4n) is 4.89. The molecule has 1 atom stereocenters. The first-order valence-corrected chi connectivity index (χ1v) is 11.5. The molecule has 4 nitrogen and oxygen atoms in total. The van der Waals surface area contributed by atoms with Crippen molar-refractivity contribution < 1.29 is 18.1 Å². The topological polar surface area (TPSA) is 74.6 Å². The predicted molar refractivity (Wildman–Crippen MR) is 114 cm³/mol. The van der Waals surface area contributed by atoms with E-state index in [1.807, 2.05) is 0 Å². The van der Waals surface area contributed by atoms with E-state index in [1.54, 1.807) is 6.92 Å². The number of phenolic OH excluding ortho intramolecular Hbond substituents is 1. The van der Waals surface area contributed by atoms with Crippen LogP contribution in [0.2, 0.25) is 0 Å². The lowest BCUT2D eigenvalue weighted by Crippen LogP contribution is -2.11. The summed E-state index contributed by atoms with van der Waals surface area (Å²) in [5.41, 5.74) is 6.31. The Hall–Kier alpha value is -2.37. The average molecular weight is 411 g/mol. The molecule has 4 rings (SSSR count). The third-order valence-electron chi connectivity index (χ3n) is 6.24. The first-order valence-electron chi connectivity index (χ1n) is 10.1. The predicted octanol–water partition coefficient (Wildman–Crippen LogP) is 5.26. The van der Waals surface area contributed by atoms with Gasteiger partial charge in [-0.15, -0.1) is 0 Å². The van der Waals surface area contributed by atoms with Gasteiger partial charge in [0.25, 0.3) is 10.1 Å². The van der Waals surface area contributed by atoms with Crippen molar-refractivity contribution in [2.45, 2.75) is 56.3 Å². The van der Waals surface area contributed by atoms with Gasteiger partial charge in [-0.25, -0.2) is 0 Å². The average Bonchev–Trinajstić information content (AvgIpc) is 2.84. The summed E-state index contributed by atoms with van der Waals surface area (Å²) in [4.78, 5) is -0.155. The highest BCUT2D eigenvalue weighted by Crippen LogP contribution is 2.43. The Kier molecular flexibility index (Phi) is 5.36. The molecule has 0 fully saturated rings. The van der Waals surface area contributed by atoms with Crippen LogP contribution < -0.4 is 0 Å². The highest BCUT2D eigenvalue weighted by Gasteiger charge is 2.28. The molecular weight excluding hydrogens is 384 g/mol. The van der Waals surface area contributed by atoms with Gasteiger partial charge in [-0.2, -0.15) is 8.42 Å². The highest BCUT2D eigenvalue weighted by atomic mass is 32.2. The quantitative estimate of drug-likeness (QED) is 0.533. The molecule has 0 saturated heterocycles. The summed E-state index contributed by atoms with van der Waals surface area (Å²) < 4.78 is 33.7. The number of aromatic hydroxyl groups is 1. The highest BCUT2D eigenvalue weighted by molar-refractivity contribution is 7.86. The summed E-state index contributed by atoms with van der Waals surface area (Å²) in [5, 5.41) is 10.4. The minimum absolute atomic E-state index is 0.0807. The molecule has 2 aliphatic rings. The lowest BCUT2D eigenvalue weighted by atomic mass is 9.80. The molecule has 152 valence electrons. The van der Waals surface area contributed by atoms with Crippen molar-refractivity contribution in [1.82, 2.24) is 0 Å². The van der Waals surface area contributed by atoms with Crippen LogP contribution in [-0.2, 0) is 23.0 Å². The number of allylic oxidation sites excluding steroid dienone is 4. The smallest absolute Gasteiger partial charge is 0.295 e. The van der Waals surface area contributed by atoms with E-state index in [9.17, 15) is 18.1 Å². The molecule has 0 spiro atoms. The van der Waals surface area contributed by atoms with E-state index < -0.39 is 10.1 Å². The van der Waals surface area contributed by atoms with E-state index in [4.69, 9.17) is 0 Å². The zero-order valence-electron chi connectivity index (χ0n) is 16.6. The molecule has 2 aromatic rings. The molecule has 0 amide bonds. The van der Waals surface area contributed by atoms with Crippen LogP contribution in [0, 0.1) is 6.92 Å². The molecule has 2 aliphatic carbocycles. The van der Waals surface area contributed by atoms with Crippen LogP contribution in [0.1, 0.15) is 53.9 Å². The third kappa shape index (κ3) is 3.89. The SMILES string of the molecule is Cc1ccc(O)c(CCC2C3=C(CC=CC3)CCc3ccccc32)c1S(=O)(=O)O. The number of rotatable bonds is 4. The molecule has 0 radical (unpaired) electrons. The van der Waals surface area contributed by atoms with Crippen molar-refractivity contribution in [3.8, 4) is 5.75 Å². The van der Waals surface area contributed by atoms with Gasteiger partial charge >= 0.3 is 0 Å². The van der Waals surface area contributed by atoms with E-state index in [0.717, 1.165) is 25.7 Å². The Labute approximate surface area is 172 Å². The lowest BCUT2D eigenvalue weighted by Gasteiger charge is -2.25. The summed E-state index contributed by atoms with van der Waals surface area (Å²) >= 11 is 0. The Bertz CT molecular complexity index is 1110. The standard InChI is InChI=1S/C24H26O4S/c1-16-10-15-23(25)22(24(16)29(26,27)28)14-13-21-19-8-4-2-6-17(19)11-12-18-7-3-5-9-20(18)21/h2-6,8,10,15,21,25H,7,9,11-14H2,1H3,(H,26,27,28). The maximum absolute atomic E-state index is 12.0. The number of aryl methyl sites for hydroxylation is 2. The normalized spacial score (nSPS) is 18.9. The minimum atomic E-state index is -4.41. The Morgan fingerprint density at radius 2 is 1.79 bits per heavy atom. The van der Waals surface area contributed by atoms with Gasteiger partial charge < -0.3 is 5.11 Å². The van der Waals surface area contributed by atoms with Crippen molar-refractivity contribution in [3.63, 3.8) is 0 Å². The Balaban J connectivity index is 1.75. The number of benzene rings is 2. The molecule has 0 bridgehead atoms. The van der Waals surface area contributed by atoms with Gasteiger partial charge in [0.05, 0.1) is 0 Å². The largest absolute Gasteiger partial charge is 0.508 e. The van der Waals surface area contributed by atoms with Gasteiger partial charge in [0.15, 0.2) is 0 Å². The Morgan fingerprint density at radius 1 is 1.03 bits per heavy atom. The second-order valence-corrected chi connectivity index (χ2v) is 9.34. The first kappa shape index (κ1) is 19.9. The summed E-state index contributed by atoms with van der Waals surface area (Å²) in [5.74, 6) is 0.102. The second-order valence-electron chi connectivity index (χ2n) is 7.98. The third-order valence-corrected chi connectivity index (χ3v) is 7.33. The summed E-state index contributed by atoms with van der Waals surface area (Å²) in [6, 6.07) is 11.5. The van der Waals surface area contributed by atoms with Crippen LogP contribution in [0.3, 0.4) is 0 Å². The van der Waals surface area contributed by atoms with Gasteiger partial charge in [0.1, 0.15) is 10.6 Å². The molecule has 0 aromatic heterocycles. The van der Waals surface area contributed by atoms with Crippen molar-refractivity contribution in [2.24, 2.45) is 0 Å².